The third-order valence-electron chi connectivity index (χ3n) is 5.93. The van der Waals surface area contributed by atoms with Crippen LogP contribution in [0.1, 0.15) is 28.8 Å². The fourth-order valence-electron chi connectivity index (χ4n) is 4.27. The van der Waals surface area contributed by atoms with Crippen molar-refractivity contribution in [3.05, 3.63) is 72.3 Å². The molecule has 1 aromatic carbocycles. The number of nitrogens with one attached hydrogen (secondary N) is 1. The van der Waals surface area contributed by atoms with Crippen molar-refractivity contribution in [2.24, 2.45) is 5.73 Å². The summed E-state index contributed by atoms with van der Waals surface area (Å²) in [6.07, 6.45) is 8.73. The lowest BCUT2D eigenvalue weighted by Gasteiger charge is -2.38. The van der Waals surface area contributed by atoms with Gasteiger partial charge in [0.05, 0.1) is 37.3 Å². The Kier molecular flexibility index (Phi) is 5.80. The Balaban J connectivity index is 1.51. The molecule has 0 aliphatic carbocycles. The summed E-state index contributed by atoms with van der Waals surface area (Å²) in [5.41, 5.74) is 9.29. The van der Waals surface area contributed by atoms with Crippen molar-refractivity contribution >= 4 is 22.6 Å². The topological polar surface area (TPSA) is 105 Å². The summed E-state index contributed by atoms with van der Waals surface area (Å²) in [5, 5.41) is 8.97. The predicted molar refractivity (Wildman–Crippen MR) is 126 cm³/mol. The summed E-state index contributed by atoms with van der Waals surface area (Å²) < 4.78 is 7.15. The summed E-state index contributed by atoms with van der Waals surface area (Å²) in [5.74, 6) is 0.467. The first kappa shape index (κ1) is 21.2. The lowest BCUT2D eigenvalue weighted by Crippen LogP contribution is -2.54. The number of nitrogens with two attached hydrogens (primary N) is 1. The maximum Gasteiger partial charge on any atom is 0.276 e. The zero-order valence-corrected chi connectivity index (χ0v) is 18.5. The number of hydrogen-bond acceptors (Lipinski definition) is 6. The standard InChI is InChI=1S/C24H27N7O2/c1-33-20-10-21-22(13-27-23(21)26-12-20)31(30-9-5-8-19(25)16-30)24(32)18-11-28-29(15-18)14-17-6-3-2-4-7-17/h2-4,6-7,10-13,15,19H,5,8-9,14,16,25H2,1H3,(H,26,27)/t19-/m1/s1. The first-order valence-electron chi connectivity index (χ1n) is 11.0. The minimum atomic E-state index is -0.160. The van der Waals surface area contributed by atoms with Gasteiger partial charge in [-0.2, -0.15) is 5.10 Å². The summed E-state index contributed by atoms with van der Waals surface area (Å²) in [7, 11) is 1.60. The van der Waals surface area contributed by atoms with Crippen LogP contribution in [0.3, 0.4) is 0 Å². The molecule has 3 N–H and O–H groups in total. The minimum Gasteiger partial charge on any atom is -0.495 e. The van der Waals surface area contributed by atoms with Gasteiger partial charge in [-0.3, -0.25) is 9.48 Å². The third kappa shape index (κ3) is 4.33. The number of carbonyl (C=O) groups excluding carboxylic acids is 1. The molecule has 1 fully saturated rings. The van der Waals surface area contributed by atoms with Crippen LogP contribution in [0.25, 0.3) is 11.0 Å². The zero-order valence-electron chi connectivity index (χ0n) is 18.5. The van der Waals surface area contributed by atoms with Crippen LogP contribution in [-0.4, -0.2) is 56.9 Å². The Hall–Kier alpha value is -3.69. The van der Waals surface area contributed by atoms with Crippen LogP contribution >= 0.6 is 0 Å². The van der Waals surface area contributed by atoms with Crippen LogP contribution in [0, 0.1) is 0 Å². The van der Waals surface area contributed by atoms with Crippen molar-refractivity contribution in [3.8, 4) is 5.75 Å². The van der Waals surface area contributed by atoms with Crippen molar-refractivity contribution in [2.75, 3.05) is 25.2 Å². The van der Waals surface area contributed by atoms with Gasteiger partial charge in [0.1, 0.15) is 11.4 Å². The largest absolute Gasteiger partial charge is 0.495 e. The van der Waals surface area contributed by atoms with Gasteiger partial charge in [-0.15, -0.1) is 0 Å². The second-order valence-electron chi connectivity index (χ2n) is 8.29. The zero-order chi connectivity index (χ0) is 22.8. The Labute approximate surface area is 191 Å². The van der Waals surface area contributed by atoms with Gasteiger partial charge in [0.2, 0.25) is 0 Å². The molecule has 4 aromatic rings. The number of anilines is 1. The number of nitrogens with zero attached hydrogens (tertiary/aromatic N) is 5. The molecule has 9 heteroatoms. The third-order valence-corrected chi connectivity index (χ3v) is 5.93. The molecule has 9 nitrogen and oxygen atoms in total. The number of ether oxygens (including phenoxy) is 1. The number of carbonyl (C=O) groups is 1. The quantitative estimate of drug-likeness (QED) is 0.473. The highest BCUT2D eigenvalue weighted by molar-refractivity contribution is 6.09. The summed E-state index contributed by atoms with van der Waals surface area (Å²) in [6, 6.07) is 11.9. The molecular weight excluding hydrogens is 418 g/mol. The minimum absolute atomic E-state index is 0.00715. The van der Waals surface area contributed by atoms with Crippen molar-refractivity contribution in [1.29, 1.82) is 0 Å². The maximum atomic E-state index is 13.8. The van der Waals surface area contributed by atoms with Gasteiger partial charge in [0, 0.05) is 36.9 Å². The van der Waals surface area contributed by atoms with E-state index in [1.54, 1.807) is 35.4 Å². The molecule has 4 heterocycles. The number of piperidine rings is 1. The maximum absolute atomic E-state index is 13.8. The number of hydrazine groups is 1. The number of aromatic amines is 1. The monoisotopic (exact) mass is 445 g/mol. The normalized spacial score (nSPS) is 16.7. The van der Waals surface area contributed by atoms with Gasteiger partial charge in [-0.1, -0.05) is 30.3 Å². The molecule has 0 radical (unpaired) electrons. The van der Waals surface area contributed by atoms with Gasteiger partial charge in [0.25, 0.3) is 5.91 Å². The molecule has 3 aromatic heterocycles. The Morgan fingerprint density at radius 1 is 1.30 bits per heavy atom. The molecule has 0 saturated carbocycles. The molecule has 1 atom stereocenters. The predicted octanol–water partition coefficient (Wildman–Crippen LogP) is 2.80. The Morgan fingerprint density at radius 2 is 2.15 bits per heavy atom. The molecule has 33 heavy (non-hydrogen) atoms. The van der Waals surface area contributed by atoms with Crippen molar-refractivity contribution in [2.45, 2.75) is 25.4 Å². The molecule has 170 valence electrons. The van der Waals surface area contributed by atoms with E-state index in [1.807, 2.05) is 47.6 Å². The fourth-order valence-corrected chi connectivity index (χ4v) is 4.27. The van der Waals surface area contributed by atoms with E-state index in [-0.39, 0.29) is 11.9 Å². The van der Waals surface area contributed by atoms with Gasteiger partial charge >= 0.3 is 0 Å². The van der Waals surface area contributed by atoms with Crippen LogP contribution in [0.5, 0.6) is 5.75 Å². The van der Waals surface area contributed by atoms with Crippen molar-refractivity contribution in [3.63, 3.8) is 0 Å². The Bertz CT molecular complexity index is 1250. The lowest BCUT2D eigenvalue weighted by molar-refractivity contribution is 0.0863. The molecule has 0 unspecified atom stereocenters. The molecule has 0 spiro atoms. The van der Waals surface area contributed by atoms with Crippen LogP contribution < -0.4 is 15.5 Å². The molecule has 1 saturated heterocycles. The van der Waals surface area contributed by atoms with Gasteiger partial charge in [-0.25, -0.2) is 15.0 Å². The van der Waals surface area contributed by atoms with Gasteiger partial charge < -0.3 is 15.5 Å². The van der Waals surface area contributed by atoms with Gasteiger partial charge in [0.15, 0.2) is 0 Å². The van der Waals surface area contributed by atoms with E-state index >= 15 is 0 Å². The number of amides is 1. The summed E-state index contributed by atoms with van der Waals surface area (Å²) in [6.45, 7) is 1.92. The highest BCUT2D eigenvalue weighted by Gasteiger charge is 2.31. The van der Waals surface area contributed by atoms with Crippen LogP contribution in [0.2, 0.25) is 0 Å². The summed E-state index contributed by atoms with van der Waals surface area (Å²) in [4.78, 5) is 21.4. The van der Waals surface area contributed by atoms with Crippen LogP contribution in [-0.2, 0) is 6.54 Å². The number of rotatable bonds is 6. The Morgan fingerprint density at radius 3 is 2.94 bits per heavy atom. The fraction of sp³-hybridized carbons (Fsp3) is 0.292. The van der Waals surface area contributed by atoms with E-state index in [0.29, 0.717) is 35.7 Å². The van der Waals surface area contributed by atoms with E-state index in [2.05, 4.69) is 15.1 Å². The molecular formula is C24H27N7O2. The molecule has 1 aliphatic heterocycles. The number of methoxy groups -OCH3 is 1. The van der Waals surface area contributed by atoms with E-state index in [0.717, 1.165) is 30.3 Å². The molecule has 1 aliphatic rings. The molecule has 5 rings (SSSR count). The second-order valence-corrected chi connectivity index (χ2v) is 8.29. The van der Waals surface area contributed by atoms with Crippen molar-refractivity contribution < 1.29 is 9.53 Å². The average Bonchev–Trinajstić information content (AvgIpc) is 3.47. The number of pyridine rings is 1. The average molecular weight is 446 g/mol. The van der Waals surface area contributed by atoms with Gasteiger partial charge in [-0.05, 0) is 24.5 Å². The highest BCUT2D eigenvalue weighted by atomic mass is 16.5. The second kappa shape index (κ2) is 9.05. The molecule has 1 amide bonds. The van der Waals surface area contributed by atoms with Crippen LogP contribution in [0.15, 0.2) is 61.2 Å². The highest BCUT2D eigenvalue weighted by Crippen LogP contribution is 2.31. The van der Waals surface area contributed by atoms with E-state index in [1.165, 1.54) is 0 Å². The number of aromatic nitrogens is 4. The molecule has 0 bridgehead atoms. The number of hydrogen-bond donors (Lipinski definition) is 2. The first-order valence-corrected chi connectivity index (χ1v) is 11.0. The first-order chi connectivity index (χ1) is 16.1. The van der Waals surface area contributed by atoms with Crippen molar-refractivity contribution in [1.82, 2.24) is 24.8 Å². The smallest absolute Gasteiger partial charge is 0.276 e. The van der Waals surface area contributed by atoms with E-state index in [4.69, 9.17) is 10.5 Å². The lowest BCUT2D eigenvalue weighted by atomic mass is 10.1. The number of benzene rings is 1. The van der Waals surface area contributed by atoms with E-state index in [9.17, 15) is 4.79 Å². The summed E-state index contributed by atoms with van der Waals surface area (Å²) >= 11 is 0. The number of fused-ring (bicyclic) bond motifs is 1. The van der Waals surface area contributed by atoms with E-state index < -0.39 is 0 Å². The number of H-pyrrole nitrogens is 1. The van der Waals surface area contributed by atoms with Crippen LogP contribution in [0.4, 0.5) is 5.69 Å². The SMILES string of the molecule is COc1cnc2[nH]cc(N(C(=O)c3cnn(Cc4ccccc4)c3)N3CCC[C@@H](N)C3)c2c1.